The third-order valence-electron chi connectivity index (χ3n) is 3.69. The van der Waals surface area contributed by atoms with Gasteiger partial charge in [0.15, 0.2) is 4.77 Å². The van der Waals surface area contributed by atoms with Crippen LogP contribution in [-0.2, 0) is 12.8 Å². The fourth-order valence-corrected chi connectivity index (χ4v) is 2.98. The van der Waals surface area contributed by atoms with E-state index in [-0.39, 0.29) is 0 Å². The predicted molar refractivity (Wildman–Crippen MR) is 73.7 cm³/mol. The number of benzene rings is 1. The minimum Gasteiger partial charge on any atom is -0.497 e. The van der Waals surface area contributed by atoms with Crippen LogP contribution < -0.4 is 4.74 Å². The number of hydrogen-bond donors (Lipinski definition) is 1. The van der Waals surface area contributed by atoms with Crippen LogP contribution in [0, 0.1) is 4.77 Å². The van der Waals surface area contributed by atoms with Gasteiger partial charge >= 0.3 is 0 Å². The molecular weight excluding hydrogens is 244 g/mol. The van der Waals surface area contributed by atoms with Gasteiger partial charge in [-0.1, -0.05) is 6.07 Å². The van der Waals surface area contributed by atoms with Crippen molar-refractivity contribution in [3.63, 3.8) is 0 Å². The quantitative estimate of drug-likeness (QED) is 0.840. The number of aromatic nitrogens is 2. The Balaban J connectivity index is 1.92. The van der Waals surface area contributed by atoms with Crippen molar-refractivity contribution < 1.29 is 4.74 Å². The van der Waals surface area contributed by atoms with Crippen molar-refractivity contribution in [2.75, 3.05) is 7.11 Å². The molecule has 4 heteroatoms. The molecule has 1 aliphatic rings. The second kappa shape index (κ2) is 4.61. The molecule has 1 unspecified atom stereocenters. The Bertz CT molecular complexity index is 614. The summed E-state index contributed by atoms with van der Waals surface area (Å²) in [6, 6.07) is 6.84. The van der Waals surface area contributed by atoms with Crippen molar-refractivity contribution in [1.29, 1.82) is 0 Å². The smallest absolute Gasteiger partial charge is 0.177 e. The zero-order valence-electron chi connectivity index (χ0n) is 10.3. The van der Waals surface area contributed by atoms with Gasteiger partial charge in [0.1, 0.15) is 5.75 Å². The van der Waals surface area contributed by atoms with Crippen molar-refractivity contribution in [2.45, 2.75) is 25.3 Å². The zero-order valence-corrected chi connectivity index (χ0v) is 11.2. The van der Waals surface area contributed by atoms with Crippen molar-refractivity contribution >= 4 is 12.2 Å². The van der Waals surface area contributed by atoms with E-state index in [1.54, 1.807) is 7.11 Å². The number of aryl methyl sites for hydroxylation is 1. The highest BCUT2D eigenvalue weighted by Gasteiger charge is 2.20. The predicted octanol–water partition coefficient (Wildman–Crippen LogP) is 3.28. The lowest BCUT2D eigenvalue weighted by Gasteiger charge is -2.26. The van der Waals surface area contributed by atoms with Crippen molar-refractivity contribution in [3.05, 3.63) is 46.5 Å². The van der Waals surface area contributed by atoms with Gasteiger partial charge < -0.3 is 14.3 Å². The summed E-state index contributed by atoms with van der Waals surface area (Å²) in [5.74, 6) is 0.937. The molecule has 0 saturated carbocycles. The normalized spacial score (nSPS) is 18.4. The molecule has 3 rings (SSSR count). The standard InChI is InChI=1S/C14H16N2OS/c1-17-13-5-3-10-2-4-12(8-11(10)9-13)16-7-6-15-14(16)18/h3,5-7,9,12H,2,4,8H2,1H3,(H,15,18). The Morgan fingerprint density at radius 1 is 1.39 bits per heavy atom. The van der Waals surface area contributed by atoms with Gasteiger partial charge in [-0.05, 0) is 54.7 Å². The molecule has 18 heavy (non-hydrogen) atoms. The number of H-pyrrole nitrogens is 1. The van der Waals surface area contributed by atoms with Crippen LogP contribution in [-0.4, -0.2) is 16.7 Å². The summed E-state index contributed by atoms with van der Waals surface area (Å²) in [7, 11) is 1.71. The highest BCUT2D eigenvalue weighted by molar-refractivity contribution is 7.71. The van der Waals surface area contributed by atoms with Crippen molar-refractivity contribution in [2.24, 2.45) is 0 Å². The second-order valence-electron chi connectivity index (χ2n) is 4.70. The first kappa shape index (κ1) is 11.5. The van der Waals surface area contributed by atoms with Crippen LogP contribution in [0.25, 0.3) is 0 Å². The number of nitrogens with one attached hydrogen (secondary N) is 1. The summed E-state index contributed by atoms with van der Waals surface area (Å²) in [5, 5.41) is 0. The largest absolute Gasteiger partial charge is 0.497 e. The van der Waals surface area contributed by atoms with Gasteiger partial charge in [0, 0.05) is 18.4 Å². The number of fused-ring (bicyclic) bond motifs is 1. The number of aromatic amines is 1. The monoisotopic (exact) mass is 260 g/mol. The fraction of sp³-hybridized carbons (Fsp3) is 0.357. The molecule has 0 bridgehead atoms. The molecule has 0 spiro atoms. The van der Waals surface area contributed by atoms with Gasteiger partial charge in [0.2, 0.25) is 0 Å². The molecule has 1 atom stereocenters. The maximum atomic E-state index is 5.30. The third-order valence-corrected chi connectivity index (χ3v) is 4.01. The molecule has 2 aromatic rings. The van der Waals surface area contributed by atoms with E-state index in [2.05, 4.69) is 21.7 Å². The lowest BCUT2D eigenvalue weighted by atomic mass is 9.88. The van der Waals surface area contributed by atoms with E-state index in [0.717, 1.165) is 29.8 Å². The van der Waals surface area contributed by atoms with Crippen molar-refractivity contribution in [1.82, 2.24) is 9.55 Å². The van der Waals surface area contributed by atoms with E-state index in [1.165, 1.54) is 11.1 Å². The number of imidazole rings is 1. The number of methoxy groups -OCH3 is 1. The Labute approximate surface area is 111 Å². The van der Waals surface area contributed by atoms with Gasteiger partial charge in [-0.2, -0.15) is 0 Å². The Kier molecular flexibility index (Phi) is 2.96. The molecular formula is C14H16N2OS. The minimum atomic E-state index is 0.461. The van der Waals surface area contributed by atoms with Crippen LogP contribution in [0.1, 0.15) is 23.6 Å². The molecule has 1 aliphatic carbocycles. The maximum Gasteiger partial charge on any atom is 0.177 e. The summed E-state index contributed by atoms with van der Waals surface area (Å²) in [4.78, 5) is 3.07. The third kappa shape index (κ3) is 1.97. The van der Waals surface area contributed by atoms with Crippen LogP contribution in [0.4, 0.5) is 0 Å². The second-order valence-corrected chi connectivity index (χ2v) is 5.09. The van der Waals surface area contributed by atoms with Crippen LogP contribution in [0.2, 0.25) is 0 Å². The molecule has 0 fully saturated rings. The van der Waals surface area contributed by atoms with Crippen LogP contribution >= 0.6 is 12.2 Å². The van der Waals surface area contributed by atoms with E-state index in [9.17, 15) is 0 Å². The van der Waals surface area contributed by atoms with Crippen LogP contribution in [0.15, 0.2) is 30.6 Å². The molecule has 1 aromatic heterocycles. The summed E-state index contributed by atoms with van der Waals surface area (Å²) in [6.45, 7) is 0. The highest BCUT2D eigenvalue weighted by Crippen LogP contribution is 2.31. The number of ether oxygens (including phenoxy) is 1. The maximum absolute atomic E-state index is 5.30. The van der Waals surface area contributed by atoms with E-state index in [1.807, 2.05) is 18.5 Å². The summed E-state index contributed by atoms with van der Waals surface area (Å²) >= 11 is 5.30. The molecule has 1 heterocycles. The molecule has 3 nitrogen and oxygen atoms in total. The summed E-state index contributed by atoms with van der Waals surface area (Å²) < 4.78 is 8.27. The van der Waals surface area contributed by atoms with Gasteiger partial charge in [-0.3, -0.25) is 0 Å². The highest BCUT2D eigenvalue weighted by atomic mass is 32.1. The molecule has 0 radical (unpaired) electrons. The van der Waals surface area contributed by atoms with Crippen LogP contribution in [0.3, 0.4) is 0 Å². The summed E-state index contributed by atoms with van der Waals surface area (Å²) in [6.07, 6.45) is 7.22. The van der Waals surface area contributed by atoms with Crippen molar-refractivity contribution in [3.8, 4) is 5.75 Å². The minimum absolute atomic E-state index is 0.461. The first-order valence-electron chi connectivity index (χ1n) is 6.19. The topological polar surface area (TPSA) is 29.9 Å². The fourth-order valence-electron chi connectivity index (χ4n) is 2.70. The molecule has 0 saturated heterocycles. The Morgan fingerprint density at radius 3 is 3.00 bits per heavy atom. The lowest BCUT2D eigenvalue weighted by molar-refractivity contribution is 0.408. The van der Waals surface area contributed by atoms with Gasteiger partial charge in [0.25, 0.3) is 0 Å². The average molecular weight is 260 g/mol. The van der Waals surface area contributed by atoms with E-state index in [0.29, 0.717) is 6.04 Å². The van der Waals surface area contributed by atoms with E-state index >= 15 is 0 Å². The Hall–Kier alpha value is -1.55. The van der Waals surface area contributed by atoms with E-state index in [4.69, 9.17) is 17.0 Å². The number of rotatable bonds is 2. The van der Waals surface area contributed by atoms with E-state index < -0.39 is 0 Å². The van der Waals surface area contributed by atoms with Gasteiger partial charge in [-0.15, -0.1) is 0 Å². The first-order chi connectivity index (χ1) is 8.78. The lowest BCUT2D eigenvalue weighted by Crippen LogP contribution is -2.18. The molecule has 1 aromatic carbocycles. The average Bonchev–Trinajstić information content (AvgIpc) is 2.83. The van der Waals surface area contributed by atoms with Crippen LogP contribution in [0.5, 0.6) is 5.75 Å². The molecule has 0 aliphatic heterocycles. The molecule has 0 amide bonds. The Morgan fingerprint density at radius 2 is 2.28 bits per heavy atom. The number of hydrogen-bond acceptors (Lipinski definition) is 2. The van der Waals surface area contributed by atoms with Gasteiger partial charge in [-0.25, -0.2) is 0 Å². The zero-order chi connectivity index (χ0) is 12.5. The summed E-state index contributed by atoms with van der Waals surface area (Å²) in [5.41, 5.74) is 2.82. The molecule has 1 N–H and O–H groups in total. The SMILES string of the molecule is COc1ccc2c(c1)CC(n1cc[nH]c1=S)CC2. The molecule has 94 valence electrons. The number of nitrogens with zero attached hydrogens (tertiary/aromatic N) is 1. The van der Waals surface area contributed by atoms with Gasteiger partial charge in [0.05, 0.1) is 7.11 Å². The first-order valence-corrected chi connectivity index (χ1v) is 6.60.